The van der Waals surface area contributed by atoms with E-state index in [1.54, 1.807) is 12.5 Å². The Morgan fingerprint density at radius 3 is 2.80 bits per heavy atom. The monoisotopic (exact) mass is 206 g/mol. The average molecular weight is 206 g/mol. The lowest BCUT2D eigenvalue weighted by Gasteiger charge is -2.30. The third-order valence-electron chi connectivity index (χ3n) is 3.39. The first-order valence-electron chi connectivity index (χ1n) is 5.60. The molecule has 2 heteroatoms. The molecule has 0 saturated carbocycles. The van der Waals surface area contributed by atoms with Gasteiger partial charge in [0.1, 0.15) is 5.60 Å². The van der Waals surface area contributed by atoms with Crippen LogP contribution in [0.5, 0.6) is 0 Å². The highest BCUT2D eigenvalue weighted by molar-refractivity contribution is 5.32. The lowest BCUT2D eigenvalue weighted by Crippen LogP contribution is -2.27. The van der Waals surface area contributed by atoms with Crippen molar-refractivity contribution < 1.29 is 9.52 Å². The number of aliphatic hydroxyl groups is 1. The quantitative estimate of drug-likeness (QED) is 0.754. The van der Waals surface area contributed by atoms with E-state index in [1.165, 1.54) is 0 Å². The molecular weight excluding hydrogens is 188 g/mol. The van der Waals surface area contributed by atoms with E-state index in [0.29, 0.717) is 5.92 Å². The molecule has 0 fully saturated rings. The van der Waals surface area contributed by atoms with Crippen molar-refractivity contribution in [3.8, 4) is 0 Å². The van der Waals surface area contributed by atoms with Crippen LogP contribution in [0.1, 0.15) is 37.3 Å². The second kappa shape index (κ2) is 3.86. The molecule has 1 heterocycles. The zero-order valence-electron chi connectivity index (χ0n) is 9.36. The van der Waals surface area contributed by atoms with Crippen LogP contribution in [0.15, 0.2) is 29.1 Å². The SMILES string of the molecule is CCC1C=CC(O)(c2cocc2C)CC1. The molecule has 2 nitrogen and oxygen atoms in total. The van der Waals surface area contributed by atoms with Crippen LogP contribution in [0.2, 0.25) is 0 Å². The van der Waals surface area contributed by atoms with Crippen LogP contribution >= 0.6 is 0 Å². The summed E-state index contributed by atoms with van der Waals surface area (Å²) in [7, 11) is 0. The summed E-state index contributed by atoms with van der Waals surface area (Å²) in [5, 5.41) is 10.5. The Morgan fingerprint density at radius 1 is 1.53 bits per heavy atom. The fraction of sp³-hybridized carbons (Fsp3) is 0.538. The standard InChI is InChI=1S/C13H18O2/c1-3-11-4-6-13(14,7-5-11)12-9-15-8-10(12)2/h4,6,8-9,11,14H,3,5,7H2,1-2H3. The summed E-state index contributed by atoms with van der Waals surface area (Å²) in [6.07, 6.45) is 10.4. The highest BCUT2D eigenvalue weighted by atomic mass is 16.3. The first kappa shape index (κ1) is 10.5. The highest BCUT2D eigenvalue weighted by Crippen LogP contribution is 2.37. The maximum absolute atomic E-state index is 10.5. The second-order valence-corrected chi connectivity index (χ2v) is 4.46. The number of aryl methyl sites for hydroxylation is 1. The molecule has 82 valence electrons. The number of furan rings is 1. The van der Waals surface area contributed by atoms with Crippen LogP contribution in [-0.4, -0.2) is 5.11 Å². The van der Waals surface area contributed by atoms with Gasteiger partial charge in [-0.3, -0.25) is 0 Å². The van der Waals surface area contributed by atoms with E-state index in [-0.39, 0.29) is 0 Å². The minimum absolute atomic E-state index is 0.623. The Hall–Kier alpha value is -1.02. The normalized spacial score (nSPS) is 30.7. The molecule has 0 amide bonds. The van der Waals surface area contributed by atoms with Gasteiger partial charge in [0, 0.05) is 5.56 Å². The number of hydrogen-bond donors (Lipinski definition) is 1. The molecule has 1 aromatic heterocycles. The number of rotatable bonds is 2. The van der Waals surface area contributed by atoms with Crippen molar-refractivity contribution in [3.05, 3.63) is 35.8 Å². The molecule has 0 saturated heterocycles. The molecule has 15 heavy (non-hydrogen) atoms. The largest absolute Gasteiger partial charge is 0.472 e. The van der Waals surface area contributed by atoms with Gasteiger partial charge in [-0.2, -0.15) is 0 Å². The topological polar surface area (TPSA) is 33.4 Å². The molecule has 0 radical (unpaired) electrons. The zero-order chi connectivity index (χ0) is 10.9. The third kappa shape index (κ3) is 1.86. The highest BCUT2D eigenvalue weighted by Gasteiger charge is 2.32. The van der Waals surface area contributed by atoms with Gasteiger partial charge in [-0.25, -0.2) is 0 Å². The van der Waals surface area contributed by atoms with Crippen molar-refractivity contribution in [2.24, 2.45) is 5.92 Å². The Kier molecular flexibility index (Phi) is 2.70. The molecule has 0 bridgehead atoms. The molecule has 2 rings (SSSR count). The Bertz CT molecular complexity index is 364. The van der Waals surface area contributed by atoms with Crippen LogP contribution in [-0.2, 0) is 5.60 Å². The van der Waals surface area contributed by atoms with Gasteiger partial charge in [-0.15, -0.1) is 0 Å². The Labute approximate surface area is 90.6 Å². The van der Waals surface area contributed by atoms with E-state index in [2.05, 4.69) is 13.0 Å². The summed E-state index contributed by atoms with van der Waals surface area (Å²) in [5.41, 5.74) is 1.13. The number of hydrogen-bond acceptors (Lipinski definition) is 2. The smallest absolute Gasteiger partial charge is 0.111 e. The van der Waals surface area contributed by atoms with Gasteiger partial charge >= 0.3 is 0 Å². The van der Waals surface area contributed by atoms with Crippen molar-refractivity contribution in [2.75, 3.05) is 0 Å². The Morgan fingerprint density at radius 2 is 2.33 bits per heavy atom. The molecule has 2 unspecified atom stereocenters. The lowest BCUT2D eigenvalue weighted by atomic mass is 9.80. The molecule has 1 aromatic rings. The van der Waals surface area contributed by atoms with Gasteiger partial charge in [0.05, 0.1) is 12.5 Å². The van der Waals surface area contributed by atoms with Gasteiger partial charge in [-0.05, 0) is 37.7 Å². The molecule has 2 atom stereocenters. The van der Waals surface area contributed by atoms with Crippen LogP contribution in [0.25, 0.3) is 0 Å². The van der Waals surface area contributed by atoms with Crippen LogP contribution in [0.4, 0.5) is 0 Å². The second-order valence-electron chi connectivity index (χ2n) is 4.46. The minimum atomic E-state index is -0.803. The third-order valence-corrected chi connectivity index (χ3v) is 3.39. The van der Waals surface area contributed by atoms with Crippen LogP contribution in [0.3, 0.4) is 0 Å². The summed E-state index contributed by atoms with van der Waals surface area (Å²) >= 11 is 0. The van der Waals surface area contributed by atoms with E-state index < -0.39 is 5.60 Å². The van der Waals surface area contributed by atoms with Gasteiger partial charge in [0.2, 0.25) is 0 Å². The molecule has 0 aliphatic heterocycles. The van der Waals surface area contributed by atoms with E-state index >= 15 is 0 Å². The van der Waals surface area contributed by atoms with E-state index in [4.69, 9.17) is 4.42 Å². The fourth-order valence-electron chi connectivity index (χ4n) is 2.25. The summed E-state index contributed by atoms with van der Waals surface area (Å²) in [6.45, 7) is 4.15. The first-order valence-corrected chi connectivity index (χ1v) is 5.60. The van der Waals surface area contributed by atoms with Gasteiger partial charge < -0.3 is 9.52 Å². The maximum Gasteiger partial charge on any atom is 0.111 e. The van der Waals surface area contributed by atoms with Crippen LogP contribution in [0, 0.1) is 12.8 Å². The molecular formula is C13H18O2. The van der Waals surface area contributed by atoms with Gasteiger partial charge in [0.25, 0.3) is 0 Å². The molecule has 1 aliphatic carbocycles. The number of allylic oxidation sites excluding steroid dienone is 1. The summed E-state index contributed by atoms with van der Waals surface area (Å²) in [5.74, 6) is 0.623. The van der Waals surface area contributed by atoms with E-state index in [1.807, 2.05) is 13.0 Å². The van der Waals surface area contributed by atoms with Crippen molar-refractivity contribution in [1.82, 2.24) is 0 Å². The van der Waals surface area contributed by atoms with E-state index in [9.17, 15) is 5.11 Å². The fourth-order valence-corrected chi connectivity index (χ4v) is 2.25. The van der Waals surface area contributed by atoms with Crippen LogP contribution < -0.4 is 0 Å². The first-order chi connectivity index (χ1) is 7.15. The van der Waals surface area contributed by atoms with Gasteiger partial charge in [-0.1, -0.05) is 19.1 Å². The molecule has 1 aliphatic rings. The summed E-state index contributed by atoms with van der Waals surface area (Å²) in [6, 6.07) is 0. The van der Waals surface area contributed by atoms with Crippen molar-refractivity contribution >= 4 is 0 Å². The summed E-state index contributed by atoms with van der Waals surface area (Å²) < 4.78 is 5.12. The van der Waals surface area contributed by atoms with Crippen molar-refractivity contribution in [2.45, 2.75) is 38.7 Å². The minimum Gasteiger partial charge on any atom is -0.472 e. The van der Waals surface area contributed by atoms with Crippen molar-refractivity contribution in [3.63, 3.8) is 0 Å². The van der Waals surface area contributed by atoms with E-state index in [0.717, 1.165) is 30.4 Å². The maximum atomic E-state index is 10.5. The van der Waals surface area contributed by atoms with Crippen molar-refractivity contribution in [1.29, 1.82) is 0 Å². The van der Waals surface area contributed by atoms with Gasteiger partial charge in [0.15, 0.2) is 0 Å². The predicted molar refractivity (Wildman–Crippen MR) is 59.5 cm³/mol. The molecule has 0 spiro atoms. The predicted octanol–water partition coefficient (Wildman–Crippen LogP) is 3.15. The molecule has 1 N–H and O–H groups in total. The zero-order valence-corrected chi connectivity index (χ0v) is 9.36. The molecule has 0 aromatic carbocycles. The Balaban J connectivity index is 2.26. The lowest BCUT2D eigenvalue weighted by molar-refractivity contribution is 0.0649. The average Bonchev–Trinajstić information content (AvgIpc) is 2.66. The summed E-state index contributed by atoms with van der Waals surface area (Å²) in [4.78, 5) is 0.